The summed E-state index contributed by atoms with van der Waals surface area (Å²) >= 11 is 0. The van der Waals surface area contributed by atoms with Gasteiger partial charge in [0, 0.05) is 25.4 Å². The first-order chi connectivity index (χ1) is 8.83. The zero-order valence-electron chi connectivity index (χ0n) is 9.94. The van der Waals surface area contributed by atoms with Crippen LogP contribution in [-0.2, 0) is 12.8 Å². The highest BCUT2D eigenvalue weighted by Crippen LogP contribution is 2.15. The monoisotopic (exact) mass is 242 g/mol. The van der Waals surface area contributed by atoms with E-state index in [-0.39, 0.29) is 5.56 Å². The molecule has 0 aliphatic carbocycles. The molecule has 0 spiro atoms. The van der Waals surface area contributed by atoms with E-state index in [4.69, 9.17) is 0 Å². The van der Waals surface area contributed by atoms with Crippen molar-refractivity contribution in [2.45, 2.75) is 19.3 Å². The molecule has 2 N–H and O–H groups in total. The SMILES string of the molecule is O=c1[nH]c(Cc2cccnc2)nc2c1CCCN2. The van der Waals surface area contributed by atoms with Gasteiger partial charge in [0.15, 0.2) is 0 Å². The van der Waals surface area contributed by atoms with Crippen molar-refractivity contribution in [3.8, 4) is 0 Å². The summed E-state index contributed by atoms with van der Waals surface area (Å²) in [7, 11) is 0. The lowest BCUT2D eigenvalue weighted by molar-refractivity contribution is 0.783. The Morgan fingerprint density at radius 1 is 1.39 bits per heavy atom. The molecule has 3 heterocycles. The lowest BCUT2D eigenvalue weighted by Gasteiger charge is -2.16. The summed E-state index contributed by atoms with van der Waals surface area (Å²) in [5.41, 5.74) is 1.79. The van der Waals surface area contributed by atoms with Crippen LogP contribution in [0.25, 0.3) is 0 Å². The maximum Gasteiger partial charge on any atom is 0.256 e. The normalized spacial score (nSPS) is 13.8. The summed E-state index contributed by atoms with van der Waals surface area (Å²) in [6.45, 7) is 0.885. The molecule has 0 fully saturated rings. The maximum atomic E-state index is 11.9. The zero-order valence-corrected chi connectivity index (χ0v) is 9.94. The lowest BCUT2D eigenvalue weighted by atomic mass is 10.1. The van der Waals surface area contributed by atoms with Crippen LogP contribution in [0.2, 0.25) is 0 Å². The Kier molecular flexibility index (Phi) is 2.80. The highest BCUT2D eigenvalue weighted by atomic mass is 16.1. The van der Waals surface area contributed by atoms with Crippen LogP contribution >= 0.6 is 0 Å². The summed E-state index contributed by atoms with van der Waals surface area (Å²) in [4.78, 5) is 23.3. The number of anilines is 1. The molecular weight excluding hydrogens is 228 g/mol. The number of pyridine rings is 1. The molecule has 0 aromatic carbocycles. The van der Waals surface area contributed by atoms with Crippen molar-refractivity contribution in [2.24, 2.45) is 0 Å². The van der Waals surface area contributed by atoms with E-state index in [0.29, 0.717) is 12.2 Å². The van der Waals surface area contributed by atoms with Crippen molar-refractivity contribution in [3.63, 3.8) is 0 Å². The van der Waals surface area contributed by atoms with Gasteiger partial charge in [-0.15, -0.1) is 0 Å². The predicted octanol–water partition coefficient (Wildman–Crippen LogP) is 1.11. The molecule has 0 unspecified atom stereocenters. The third-order valence-corrected chi connectivity index (χ3v) is 3.05. The third kappa shape index (κ3) is 2.11. The Morgan fingerprint density at radius 3 is 3.17 bits per heavy atom. The first-order valence-electron chi connectivity index (χ1n) is 6.08. The standard InChI is InChI=1S/C13H14N4O/c18-13-10-4-2-6-15-12(10)16-11(17-13)7-9-3-1-5-14-8-9/h1,3,5,8H,2,4,6-7H2,(H2,15,16,17,18). The van der Waals surface area contributed by atoms with E-state index in [1.165, 1.54) is 0 Å². The molecule has 2 aromatic heterocycles. The van der Waals surface area contributed by atoms with Crippen molar-refractivity contribution in [2.75, 3.05) is 11.9 Å². The van der Waals surface area contributed by atoms with E-state index in [1.807, 2.05) is 12.1 Å². The molecule has 92 valence electrons. The van der Waals surface area contributed by atoms with Crippen LogP contribution in [0.15, 0.2) is 29.3 Å². The minimum atomic E-state index is -0.0221. The molecule has 0 bridgehead atoms. The van der Waals surface area contributed by atoms with Crippen LogP contribution in [0.5, 0.6) is 0 Å². The highest BCUT2D eigenvalue weighted by molar-refractivity contribution is 5.45. The van der Waals surface area contributed by atoms with Gasteiger partial charge in [-0.25, -0.2) is 4.98 Å². The number of hydrogen-bond acceptors (Lipinski definition) is 4. The van der Waals surface area contributed by atoms with Crippen LogP contribution in [0.3, 0.4) is 0 Å². The molecule has 1 aliphatic rings. The van der Waals surface area contributed by atoms with Crippen molar-refractivity contribution < 1.29 is 0 Å². The summed E-state index contributed by atoms with van der Waals surface area (Å²) in [5, 5.41) is 3.18. The van der Waals surface area contributed by atoms with E-state index < -0.39 is 0 Å². The number of nitrogens with one attached hydrogen (secondary N) is 2. The molecule has 0 atom stereocenters. The van der Waals surface area contributed by atoms with E-state index in [1.54, 1.807) is 12.4 Å². The Balaban J connectivity index is 1.94. The van der Waals surface area contributed by atoms with Crippen LogP contribution in [0.4, 0.5) is 5.82 Å². The predicted molar refractivity (Wildman–Crippen MR) is 68.7 cm³/mol. The van der Waals surface area contributed by atoms with E-state index in [9.17, 15) is 4.79 Å². The summed E-state index contributed by atoms with van der Waals surface area (Å²) < 4.78 is 0. The van der Waals surface area contributed by atoms with Gasteiger partial charge in [0.05, 0.1) is 5.56 Å². The van der Waals surface area contributed by atoms with Gasteiger partial charge in [-0.3, -0.25) is 9.78 Å². The Labute approximate surface area is 104 Å². The van der Waals surface area contributed by atoms with E-state index >= 15 is 0 Å². The number of hydrogen-bond donors (Lipinski definition) is 2. The lowest BCUT2D eigenvalue weighted by Crippen LogP contribution is -2.25. The van der Waals surface area contributed by atoms with Gasteiger partial charge in [0.1, 0.15) is 11.6 Å². The highest BCUT2D eigenvalue weighted by Gasteiger charge is 2.14. The fourth-order valence-electron chi connectivity index (χ4n) is 2.17. The van der Waals surface area contributed by atoms with E-state index in [0.717, 1.165) is 36.3 Å². The average Bonchev–Trinajstić information content (AvgIpc) is 2.40. The largest absolute Gasteiger partial charge is 0.370 e. The molecule has 0 amide bonds. The van der Waals surface area contributed by atoms with Gasteiger partial charge in [-0.05, 0) is 24.5 Å². The van der Waals surface area contributed by atoms with Gasteiger partial charge in [0.25, 0.3) is 5.56 Å². The second-order valence-corrected chi connectivity index (χ2v) is 4.41. The molecule has 0 radical (unpaired) electrons. The zero-order chi connectivity index (χ0) is 12.4. The minimum absolute atomic E-state index is 0.0221. The van der Waals surface area contributed by atoms with Crippen LogP contribution in [0.1, 0.15) is 23.4 Å². The number of rotatable bonds is 2. The number of H-pyrrole nitrogens is 1. The fraction of sp³-hybridized carbons (Fsp3) is 0.308. The van der Waals surface area contributed by atoms with Crippen molar-refractivity contribution in [1.82, 2.24) is 15.0 Å². The molecule has 5 heteroatoms. The van der Waals surface area contributed by atoms with Gasteiger partial charge in [-0.2, -0.15) is 0 Å². The second-order valence-electron chi connectivity index (χ2n) is 4.41. The first-order valence-corrected chi connectivity index (χ1v) is 6.08. The van der Waals surface area contributed by atoms with Gasteiger partial charge in [-0.1, -0.05) is 6.07 Å². The first kappa shape index (κ1) is 11.0. The Bertz CT molecular complexity index is 606. The van der Waals surface area contributed by atoms with Crippen molar-refractivity contribution in [1.29, 1.82) is 0 Å². The van der Waals surface area contributed by atoms with Crippen LogP contribution in [0, 0.1) is 0 Å². The molecule has 5 nitrogen and oxygen atoms in total. The Morgan fingerprint density at radius 2 is 2.33 bits per heavy atom. The second kappa shape index (κ2) is 4.60. The topological polar surface area (TPSA) is 70.7 Å². The maximum absolute atomic E-state index is 11.9. The third-order valence-electron chi connectivity index (χ3n) is 3.05. The van der Waals surface area contributed by atoms with Gasteiger partial charge >= 0.3 is 0 Å². The van der Waals surface area contributed by atoms with Crippen LogP contribution in [-0.4, -0.2) is 21.5 Å². The van der Waals surface area contributed by atoms with Crippen LogP contribution < -0.4 is 10.9 Å². The van der Waals surface area contributed by atoms with Crippen molar-refractivity contribution in [3.05, 3.63) is 51.8 Å². The molecule has 2 aromatic rings. The van der Waals surface area contributed by atoms with Crippen molar-refractivity contribution >= 4 is 5.82 Å². The fourth-order valence-corrected chi connectivity index (χ4v) is 2.17. The smallest absolute Gasteiger partial charge is 0.256 e. The quantitative estimate of drug-likeness (QED) is 0.827. The molecule has 1 aliphatic heterocycles. The molecule has 3 rings (SSSR count). The average molecular weight is 242 g/mol. The number of aromatic amines is 1. The molecule has 0 saturated heterocycles. The number of nitrogens with zero attached hydrogens (tertiary/aromatic N) is 2. The van der Waals surface area contributed by atoms with E-state index in [2.05, 4.69) is 20.3 Å². The van der Waals surface area contributed by atoms with Gasteiger partial charge < -0.3 is 10.3 Å². The minimum Gasteiger partial charge on any atom is -0.370 e. The number of fused-ring (bicyclic) bond motifs is 1. The molecule has 18 heavy (non-hydrogen) atoms. The summed E-state index contributed by atoms with van der Waals surface area (Å²) in [6.07, 6.45) is 5.90. The molecule has 0 saturated carbocycles. The Hall–Kier alpha value is -2.17. The number of aromatic nitrogens is 3. The van der Waals surface area contributed by atoms with Gasteiger partial charge in [0.2, 0.25) is 0 Å². The summed E-state index contributed by atoms with van der Waals surface area (Å²) in [5.74, 6) is 1.42. The summed E-state index contributed by atoms with van der Waals surface area (Å²) in [6, 6.07) is 3.85. The molecular formula is C13H14N4O.